The molecule has 0 bridgehead atoms. The molecule has 136 valence electrons. The van der Waals surface area contributed by atoms with Crippen LogP contribution in [0, 0.1) is 0 Å². The molecule has 1 fully saturated rings. The molecule has 6 nitrogen and oxygen atoms in total. The van der Waals surface area contributed by atoms with Gasteiger partial charge in [0.2, 0.25) is 5.91 Å². The molecule has 1 atom stereocenters. The lowest BCUT2D eigenvalue weighted by molar-refractivity contribution is -0.114. The zero-order chi connectivity index (χ0) is 18.1. The third-order valence-electron chi connectivity index (χ3n) is 4.95. The number of carbonyl (C=O) groups is 1. The molecular formula is C19H23N5OS. The van der Waals surface area contributed by atoms with E-state index in [1.54, 1.807) is 11.3 Å². The second kappa shape index (κ2) is 7.17. The van der Waals surface area contributed by atoms with Crippen molar-refractivity contribution in [3.63, 3.8) is 0 Å². The summed E-state index contributed by atoms with van der Waals surface area (Å²) in [6, 6.07) is 4.26. The number of thiazole rings is 1. The van der Waals surface area contributed by atoms with Crippen LogP contribution in [0.25, 0.3) is 11.0 Å². The van der Waals surface area contributed by atoms with Crippen molar-refractivity contribution in [1.82, 2.24) is 19.4 Å². The van der Waals surface area contributed by atoms with Gasteiger partial charge in [0.15, 0.2) is 5.13 Å². The van der Waals surface area contributed by atoms with E-state index in [1.807, 2.05) is 12.4 Å². The lowest BCUT2D eigenvalue weighted by Gasteiger charge is -2.33. The number of hydrogen-bond acceptors (Lipinski definition) is 5. The fourth-order valence-corrected chi connectivity index (χ4v) is 4.74. The van der Waals surface area contributed by atoms with Crippen molar-refractivity contribution in [2.24, 2.45) is 7.05 Å². The summed E-state index contributed by atoms with van der Waals surface area (Å²) < 4.78 is 2.18. The molecule has 0 radical (unpaired) electrons. The Morgan fingerprint density at radius 3 is 3.12 bits per heavy atom. The number of nitrogens with one attached hydrogen (secondary N) is 1. The first kappa shape index (κ1) is 17.2. The van der Waals surface area contributed by atoms with E-state index < -0.39 is 0 Å². The minimum atomic E-state index is -0.0757. The Labute approximate surface area is 156 Å². The highest BCUT2D eigenvalue weighted by atomic mass is 32.1. The number of aryl methyl sites for hydroxylation is 1. The third kappa shape index (κ3) is 3.50. The first-order chi connectivity index (χ1) is 12.6. The van der Waals surface area contributed by atoms with Crippen molar-refractivity contribution in [2.45, 2.75) is 32.2 Å². The van der Waals surface area contributed by atoms with E-state index in [4.69, 9.17) is 0 Å². The molecule has 0 aromatic carbocycles. The number of hydrogen-bond donors (Lipinski definition) is 1. The number of pyridine rings is 1. The summed E-state index contributed by atoms with van der Waals surface area (Å²) in [5, 5.41) is 3.44. The van der Waals surface area contributed by atoms with Crippen molar-refractivity contribution < 1.29 is 4.79 Å². The lowest BCUT2D eigenvalue weighted by atomic mass is 9.90. The Bertz CT molecular complexity index is 931. The summed E-state index contributed by atoms with van der Waals surface area (Å²) in [6.45, 7) is 4.54. The van der Waals surface area contributed by atoms with Gasteiger partial charge in [0.25, 0.3) is 0 Å². The quantitative estimate of drug-likeness (QED) is 0.766. The van der Waals surface area contributed by atoms with Crippen LogP contribution in [-0.2, 0) is 18.4 Å². The molecule has 1 aliphatic rings. The maximum Gasteiger partial charge on any atom is 0.223 e. The smallest absolute Gasteiger partial charge is 0.223 e. The van der Waals surface area contributed by atoms with Gasteiger partial charge < -0.3 is 9.88 Å². The Morgan fingerprint density at radius 1 is 1.38 bits per heavy atom. The van der Waals surface area contributed by atoms with Crippen molar-refractivity contribution in [3.8, 4) is 0 Å². The van der Waals surface area contributed by atoms with Crippen LogP contribution in [0.3, 0.4) is 0 Å². The molecule has 4 heterocycles. The molecular weight excluding hydrogens is 346 g/mol. The van der Waals surface area contributed by atoms with Crippen molar-refractivity contribution in [1.29, 1.82) is 0 Å². The van der Waals surface area contributed by atoms with Gasteiger partial charge in [0.1, 0.15) is 0 Å². The van der Waals surface area contributed by atoms with Crippen LogP contribution in [0.2, 0.25) is 0 Å². The minimum absolute atomic E-state index is 0.0757. The van der Waals surface area contributed by atoms with Crippen molar-refractivity contribution in [2.75, 3.05) is 18.4 Å². The zero-order valence-electron chi connectivity index (χ0n) is 15.1. The standard InChI is InChI=1S/C19H23N5OS/c1-13(25)22-19-21-10-15(26-19)12-24-8-3-4-14(11-24)16-5-7-20-17-6-9-23(2)18(16)17/h5-7,9-10,14H,3-4,8,11-12H2,1-2H3,(H,21,22,25). The molecule has 1 amide bonds. The highest BCUT2D eigenvalue weighted by Gasteiger charge is 2.24. The van der Waals surface area contributed by atoms with E-state index in [-0.39, 0.29) is 5.91 Å². The van der Waals surface area contributed by atoms with Gasteiger partial charge >= 0.3 is 0 Å². The highest BCUT2D eigenvalue weighted by Crippen LogP contribution is 2.32. The Morgan fingerprint density at radius 2 is 2.27 bits per heavy atom. The summed E-state index contributed by atoms with van der Waals surface area (Å²) in [6.07, 6.45) is 8.29. The maximum atomic E-state index is 11.2. The number of likely N-dealkylation sites (tertiary alicyclic amines) is 1. The molecule has 4 rings (SSSR count). The fourth-order valence-electron chi connectivity index (χ4n) is 3.84. The SMILES string of the molecule is CC(=O)Nc1ncc(CN2CCCC(c3ccnc4ccn(C)c34)C2)s1. The van der Waals surface area contributed by atoms with Crippen LogP contribution >= 0.6 is 11.3 Å². The van der Waals surface area contributed by atoms with Crippen LogP contribution < -0.4 is 5.32 Å². The van der Waals surface area contributed by atoms with Crippen LogP contribution in [-0.4, -0.2) is 38.4 Å². The van der Waals surface area contributed by atoms with Gasteiger partial charge in [-0.05, 0) is 43.0 Å². The van der Waals surface area contributed by atoms with Crippen molar-refractivity contribution >= 4 is 33.4 Å². The summed E-state index contributed by atoms with van der Waals surface area (Å²) in [5.74, 6) is 0.443. The average molecular weight is 369 g/mol. The van der Waals surface area contributed by atoms with E-state index in [9.17, 15) is 4.79 Å². The fraction of sp³-hybridized carbons (Fsp3) is 0.421. The molecule has 0 aliphatic carbocycles. The van der Waals surface area contributed by atoms with Gasteiger partial charge in [-0.25, -0.2) is 4.98 Å². The van der Waals surface area contributed by atoms with Gasteiger partial charge in [0.05, 0.1) is 11.0 Å². The number of aromatic nitrogens is 3. The monoisotopic (exact) mass is 369 g/mol. The Balaban J connectivity index is 1.50. The predicted molar refractivity (Wildman–Crippen MR) is 104 cm³/mol. The lowest BCUT2D eigenvalue weighted by Crippen LogP contribution is -2.33. The number of piperidine rings is 1. The topological polar surface area (TPSA) is 63.1 Å². The van der Waals surface area contributed by atoms with E-state index in [0.717, 1.165) is 25.2 Å². The van der Waals surface area contributed by atoms with E-state index >= 15 is 0 Å². The predicted octanol–water partition coefficient (Wildman–Crippen LogP) is 3.37. The molecule has 1 saturated heterocycles. The average Bonchev–Trinajstić information content (AvgIpc) is 3.21. The van der Waals surface area contributed by atoms with E-state index in [1.165, 1.54) is 35.7 Å². The van der Waals surface area contributed by atoms with Gasteiger partial charge in [-0.3, -0.25) is 14.7 Å². The molecule has 0 saturated carbocycles. The maximum absolute atomic E-state index is 11.2. The number of carbonyl (C=O) groups excluding carboxylic acids is 1. The summed E-state index contributed by atoms with van der Waals surface area (Å²) in [7, 11) is 2.09. The molecule has 3 aromatic rings. The molecule has 1 N–H and O–H groups in total. The van der Waals surface area contributed by atoms with E-state index in [2.05, 4.69) is 50.1 Å². The molecule has 1 aliphatic heterocycles. The highest BCUT2D eigenvalue weighted by molar-refractivity contribution is 7.15. The second-order valence-corrected chi connectivity index (χ2v) is 8.06. The Hall–Kier alpha value is -2.25. The zero-order valence-corrected chi connectivity index (χ0v) is 15.9. The molecule has 26 heavy (non-hydrogen) atoms. The number of amides is 1. The molecule has 7 heteroatoms. The van der Waals surface area contributed by atoms with Crippen molar-refractivity contribution in [3.05, 3.63) is 41.2 Å². The van der Waals surface area contributed by atoms with Gasteiger partial charge in [-0.1, -0.05) is 0 Å². The van der Waals surface area contributed by atoms with Crippen LogP contribution in [0.4, 0.5) is 5.13 Å². The Kier molecular flexibility index (Phi) is 4.74. The molecule has 1 unspecified atom stereocenters. The first-order valence-electron chi connectivity index (χ1n) is 8.95. The molecule has 0 spiro atoms. The largest absolute Gasteiger partial charge is 0.349 e. The summed E-state index contributed by atoms with van der Waals surface area (Å²) in [4.78, 5) is 23.6. The first-order valence-corrected chi connectivity index (χ1v) is 9.76. The van der Waals surface area contributed by atoms with Crippen LogP contribution in [0.15, 0.2) is 30.7 Å². The minimum Gasteiger partial charge on any atom is -0.349 e. The van der Waals surface area contributed by atoms with E-state index in [0.29, 0.717) is 11.0 Å². The summed E-state index contributed by atoms with van der Waals surface area (Å²) >= 11 is 1.56. The summed E-state index contributed by atoms with van der Waals surface area (Å²) in [5.41, 5.74) is 3.73. The number of anilines is 1. The number of fused-ring (bicyclic) bond motifs is 1. The van der Waals surface area contributed by atoms with Gasteiger partial charge in [-0.2, -0.15) is 0 Å². The molecule has 3 aromatic heterocycles. The number of rotatable bonds is 4. The van der Waals surface area contributed by atoms with Crippen LogP contribution in [0.5, 0.6) is 0 Å². The van der Waals surface area contributed by atoms with Crippen LogP contribution in [0.1, 0.15) is 36.1 Å². The normalized spacial score (nSPS) is 18.3. The third-order valence-corrected chi connectivity index (χ3v) is 5.85. The number of nitrogens with zero attached hydrogens (tertiary/aromatic N) is 4. The van der Waals surface area contributed by atoms with Gasteiger partial charge in [-0.15, -0.1) is 11.3 Å². The second-order valence-electron chi connectivity index (χ2n) is 6.95. The van der Waals surface area contributed by atoms with Gasteiger partial charge in [0, 0.05) is 50.5 Å².